The average molecular weight is 287 g/mol. The Morgan fingerprint density at radius 1 is 1.19 bits per heavy atom. The molecule has 0 atom stereocenters. The van der Waals surface area contributed by atoms with Crippen LogP contribution < -0.4 is 9.47 Å². The summed E-state index contributed by atoms with van der Waals surface area (Å²) in [7, 11) is 3.11. The molecule has 0 N–H and O–H groups in total. The van der Waals surface area contributed by atoms with Gasteiger partial charge in [0.05, 0.1) is 14.2 Å². The van der Waals surface area contributed by atoms with E-state index in [4.69, 9.17) is 9.47 Å². The van der Waals surface area contributed by atoms with Gasteiger partial charge in [0.2, 0.25) is 0 Å². The Morgan fingerprint density at radius 2 is 1.69 bits per heavy atom. The molecule has 0 aromatic heterocycles. The Labute approximate surface area is 104 Å². The lowest BCUT2D eigenvalue weighted by Crippen LogP contribution is -2.08. The lowest BCUT2D eigenvalue weighted by Gasteiger charge is -2.12. The molecule has 0 amide bonds. The summed E-state index contributed by atoms with van der Waals surface area (Å²) in [6, 6.07) is 3.44. The molecule has 0 saturated heterocycles. The van der Waals surface area contributed by atoms with Gasteiger partial charge in [0.1, 0.15) is 0 Å². The van der Waals surface area contributed by atoms with E-state index in [9.17, 15) is 4.79 Å². The first-order valence-corrected chi connectivity index (χ1v) is 5.76. The van der Waals surface area contributed by atoms with Gasteiger partial charge in [0, 0.05) is 16.0 Å². The van der Waals surface area contributed by atoms with Crippen molar-refractivity contribution in [1.29, 1.82) is 0 Å². The number of carbonyl (C=O) groups excluding carboxylic acids is 1. The van der Waals surface area contributed by atoms with E-state index in [1.54, 1.807) is 26.4 Å². The lowest BCUT2D eigenvalue weighted by molar-refractivity contribution is 0.0938. The number of Topliss-reactive ketones (excluding diaryl/α,β-unsaturated/α-hetero) is 1. The third-order valence-electron chi connectivity index (χ3n) is 2.26. The first kappa shape index (κ1) is 13.0. The van der Waals surface area contributed by atoms with Gasteiger partial charge in [-0.15, -0.1) is 0 Å². The number of hydrogen-bond donors (Lipinski definition) is 0. The molecule has 4 heteroatoms. The number of carbonyl (C=O) groups is 1. The molecule has 1 aromatic carbocycles. The summed E-state index contributed by atoms with van der Waals surface area (Å²) in [5.74, 6) is 1.20. The largest absolute Gasteiger partial charge is 0.493 e. The van der Waals surface area contributed by atoms with Crippen molar-refractivity contribution >= 4 is 21.7 Å². The fourth-order valence-electron chi connectivity index (χ4n) is 1.35. The van der Waals surface area contributed by atoms with Crippen molar-refractivity contribution in [2.24, 2.45) is 5.92 Å². The van der Waals surface area contributed by atoms with Crippen LogP contribution in [0.1, 0.15) is 24.2 Å². The second-order valence-corrected chi connectivity index (χ2v) is 4.56. The van der Waals surface area contributed by atoms with Crippen molar-refractivity contribution in [2.45, 2.75) is 13.8 Å². The molecule has 0 saturated carbocycles. The normalized spacial score (nSPS) is 10.4. The Kier molecular flexibility index (Phi) is 4.35. The molecule has 0 spiro atoms. The highest BCUT2D eigenvalue weighted by Crippen LogP contribution is 2.34. The van der Waals surface area contributed by atoms with Crippen molar-refractivity contribution in [3.05, 3.63) is 22.2 Å². The van der Waals surface area contributed by atoms with Crippen LogP contribution in [0.2, 0.25) is 0 Å². The summed E-state index contributed by atoms with van der Waals surface area (Å²) in [5, 5.41) is 0. The molecule has 1 aromatic rings. The first-order chi connectivity index (χ1) is 7.51. The molecule has 0 unspecified atom stereocenters. The minimum atomic E-state index is -0.0469. The van der Waals surface area contributed by atoms with Crippen LogP contribution in [0.15, 0.2) is 16.6 Å². The van der Waals surface area contributed by atoms with Gasteiger partial charge < -0.3 is 9.47 Å². The predicted octanol–water partition coefficient (Wildman–Crippen LogP) is 3.31. The van der Waals surface area contributed by atoms with Gasteiger partial charge in [-0.2, -0.15) is 0 Å². The molecule has 3 nitrogen and oxygen atoms in total. The van der Waals surface area contributed by atoms with Gasteiger partial charge in [-0.1, -0.05) is 13.8 Å². The summed E-state index contributed by atoms with van der Waals surface area (Å²) in [5.41, 5.74) is 0.618. The Morgan fingerprint density at radius 3 is 2.12 bits per heavy atom. The van der Waals surface area contributed by atoms with E-state index >= 15 is 0 Å². The average Bonchev–Trinajstić information content (AvgIpc) is 2.27. The predicted molar refractivity (Wildman–Crippen MR) is 66.4 cm³/mol. The number of rotatable bonds is 4. The Hall–Kier alpha value is -1.03. The highest BCUT2D eigenvalue weighted by molar-refractivity contribution is 9.10. The minimum absolute atomic E-state index is 0.0469. The molecule has 0 heterocycles. The molecular weight excluding hydrogens is 272 g/mol. The van der Waals surface area contributed by atoms with E-state index in [0.717, 1.165) is 4.47 Å². The van der Waals surface area contributed by atoms with Crippen LogP contribution in [-0.4, -0.2) is 20.0 Å². The standard InChI is InChI=1S/C12H15BrO3/c1-7(2)12(14)8-5-10(15-3)11(16-4)6-9(8)13/h5-7H,1-4H3. The van der Waals surface area contributed by atoms with Crippen molar-refractivity contribution in [2.75, 3.05) is 14.2 Å². The third-order valence-corrected chi connectivity index (χ3v) is 2.92. The summed E-state index contributed by atoms with van der Waals surface area (Å²) in [4.78, 5) is 11.9. The zero-order valence-electron chi connectivity index (χ0n) is 9.83. The fraction of sp³-hybridized carbons (Fsp3) is 0.417. The van der Waals surface area contributed by atoms with Crippen LogP contribution in [0.5, 0.6) is 11.5 Å². The number of hydrogen-bond acceptors (Lipinski definition) is 3. The SMILES string of the molecule is COc1cc(Br)c(C(=O)C(C)C)cc1OC. The van der Waals surface area contributed by atoms with Crippen LogP contribution in [0.25, 0.3) is 0 Å². The number of benzene rings is 1. The molecular formula is C12H15BrO3. The first-order valence-electron chi connectivity index (χ1n) is 4.97. The highest BCUT2D eigenvalue weighted by atomic mass is 79.9. The number of ether oxygens (including phenoxy) is 2. The second kappa shape index (κ2) is 5.34. The lowest BCUT2D eigenvalue weighted by atomic mass is 10.0. The minimum Gasteiger partial charge on any atom is -0.493 e. The number of methoxy groups -OCH3 is 2. The molecule has 0 bridgehead atoms. The van der Waals surface area contributed by atoms with E-state index < -0.39 is 0 Å². The van der Waals surface area contributed by atoms with Gasteiger partial charge in [0.15, 0.2) is 17.3 Å². The van der Waals surface area contributed by atoms with E-state index in [-0.39, 0.29) is 11.7 Å². The maximum Gasteiger partial charge on any atom is 0.166 e. The molecule has 88 valence electrons. The van der Waals surface area contributed by atoms with E-state index in [2.05, 4.69) is 15.9 Å². The molecule has 0 aliphatic carbocycles. The Bertz CT molecular complexity index is 399. The summed E-state index contributed by atoms with van der Waals surface area (Å²) < 4.78 is 11.0. The molecule has 0 fully saturated rings. The molecule has 1 rings (SSSR count). The molecule has 0 radical (unpaired) electrons. The van der Waals surface area contributed by atoms with Crippen molar-refractivity contribution in [3.8, 4) is 11.5 Å². The van der Waals surface area contributed by atoms with Crippen molar-refractivity contribution in [3.63, 3.8) is 0 Å². The Balaban J connectivity index is 3.26. The summed E-state index contributed by atoms with van der Waals surface area (Å²) in [6.45, 7) is 3.73. The molecule has 0 aliphatic rings. The monoisotopic (exact) mass is 286 g/mol. The highest BCUT2D eigenvalue weighted by Gasteiger charge is 2.17. The van der Waals surface area contributed by atoms with Gasteiger partial charge in [0.25, 0.3) is 0 Å². The zero-order valence-corrected chi connectivity index (χ0v) is 11.4. The zero-order chi connectivity index (χ0) is 12.3. The third kappa shape index (κ3) is 2.55. The quantitative estimate of drug-likeness (QED) is 0.797. The van der Waals surface area contributed by atoms with Crippen LogP contribution >= 0.6 is 15.9 Å². The smallest absolute Gasteiger partial charge is 0.166 e. The van der Waals surface area contributed by atoms with Crippen molar-refractivity contribution < 1.29 is 14.3 Å². The summed E-state index contributed by atoms with van der Waals surface area (Å²) >= 11 is 3.36. The summed E-state index contributed by atoms with van der Waals surface area (Å²) in [6.07, 6.45) is 0. The van der Waals surface area contributed by atoms with Crippen LogP contribution in [0, 0.1) is 5.92 Å². The van der Waals surface area contributed by atoms with Gasteiger partial charge >= 0.3 is 0 Å². The van der Waals surface area contributed by atoms with E-state index in [1.807, 2.05) is 13.8 Å². The van der Waals surface area contributed by atoms with Crippen LogP contribution in [-0.2, 0) is 0 Å². The van der Waals surface area contributed by atoms with E-state index in [0.29, 0.717) is 17.1 Å². The van der Waals surface area contributed by atoms with Gasteiger partial charge in [-0.3, -0.25) is 4.79 Å². The maximum atomic E-state index is 11.9. The number of ketones is 1. The van der Waals surface area contributed by atoms with Gasteiger partial charge in [-0.25, -0.2) is 0 Å². The van der Waals surface area contributed by atoms with Crippen LogP contribution in [0.3, 0.4) is 0 Å². The van der Waals surface area contributed by atoms with E-state index in [1.165, 1.54) is 0 Å². The second-order valence-electron chi connectivity index (χ2n) is 3.71. The van der Waals surface area contributed by atoms with Crippen molar-refractivity contribution in [1.82, 2.24) is 0 Å². The van der Waals surface area contributed by atoms with Gasteiger partial charge in [-0.05, 0) is 28.1 Å². The number of halogens is 1. The molecule has 16 heavy (non-hydrogen) atoms. The topological polar surface area (TPSA) is 35.5 Å². The fourth-order valence-corrected chi connectivity index (χ4v) is 1.87. The maximum absolute atomic E-state index is 11.9. The van der Waals surface area contributed by atoms with Crippen LogP contribution in [0.4, 0.5) is 0 Å². The molecule has 0 aliphatic heterocycles.